The molecular weight excluding hydrogens is 475 g/mol. The van der Waals surface area contributed by atoms with E-state index in [2.05, 4.69) is 5.32 Å². The van der Waals surface area contributed by atoms with E-state index in [1.54, 1.807) is 11.8 Å². The van der Waals surface area contributed by atoms with Crippen molar-refractivity contribution >= 4 is 68.2 Å². The van der Waals surface area contributed by atoms with Gasteiger partial charge in [-0.15, -0.1) is 0 Å². The maximum atomic E-state index is 12.2. The molecule has 0 fully saturated rings. The summed E-state index contributed by atoms with van der Waals surface area (Å²) in [6.45, 7) is 0.119. The van der Waals surface area contributed by atoms with Crippen molar-refractivity contribution in [3.05, 3.63) is 63.1 Å². The number of nitrogens with one attached hydrogen (secondary N) is 1. The standard InChI is InChI=1S/C19H21Cl3N2O3S2/c1-29(26,27)24(18-10-16(21)9-17(22)11-18)12-19(25)23-7-2-8-28-13-14-3-5-15(20)6-4-14/h3-6,9-11H,2,7-8,12-13H2,1H3,(H,23,25). The van der Waals surface area contributed by atoms with Crippen LogP contribution in [0.5, 0.6) is 0 Å². The van der Waals surface area contributed by atoms with Crippen LogP contribution in [0.15, 0.2) is 42.5 Å². The normalized spacial score (nSPS) is 11.3. The molecule has 1 N–H and O–H groups in total. The quantitative estimate of drug-likeness (QED) is 0.478. The highest BCUT2D eigenvalue weighted by molar-refractivity contribution is 7.98. The zero-order valence-electron chi connectivity index (χ0n) is 15.7. The first-order valence-electron chi connectivity index (χ1n) is 8.68. The maximum Gasteiger partial charge on any atom is 0.240 e. The Morgan fingerprint density at radius 1 is 1.03 bits per heavy atom. The van der Waals surface area contributed by atoms with Crippen molar-refractivity contribution in [3.63, 3.8) is 0 Å². The number of sulfonamides is 1. The predicted molar refractivity (Wildman–Crippen MR) is 124 cm³/mol. The summed E-state index contributed by atoms with van der Waals surface area (Å²) in [5.41, 5.74) is 1.44. The first kappa shape index (κ1) is 24.2. The lowest BCUT2D eigenvalue weighted by Crippen LogP contribution is -2.40. The molecule has 0 radical (unpaired) electrons. The molecular formula is C19H21Cl3N2O3S2. The molecule has 0 saturated heterocycles. The second-order valence-electron chi connectivity index (χ2n) is 6.28. The number of nitrogens with zero attached hydrogens (tertiary/aromatic N) is 1. The van der Waals surface area contributed by atoms with Crippen LogP contribution in [0.4, 0.5) is 5.69 Å². The molecule has 29 heavy (non-hydrogen) atoms. The van der Waals surface area contributed by atoms with Gasteiger partial charge in [0.15, 0.2) is 0 Å². The Kier molecular flexibility index (Phi) is 9.43. The molecule has 0 spiro atoms. The summed E-state index contributed by atoms with van der Waals surface area (Å²) in [5.74, 6) is 1.33. The number of hydrogen-bond acceptors (Lipinski definition) is 4. The summed E-state index contributed by atoms with van der Waals surface area (Å²) in [4.78, 5) is 12.2. The highest BCUT2D eigenvalue weighted by Gasteiger charge is 2.21. The van der Waals surface area contributed by atoms with Crippen molar-refractivity contribution in [2.75, 3.05) is 29.4 Å². The van der Waals surface area contributed by atoms with Gasteiger partial charge in [-0.05, 0) is 48.1 Å². The number of halogens is 3. The van der Waals surface area contributed by atoms with Gasteiger partial charge in [-0.2, -0.15) is 11.8 Å². The van der Waals surface area contributed by atoms with Crippen molar-refractivity contribution in [1.82, 2.24) is 5.32 Å². The van der Waals surface area contributed by atoms with E-state index in [0.717, 1.165) is 28.5 Å². The number of benzene rings is 2. The topological polar surface area (TPSA) is 66.5 Å². The van der Waals surface area contributed by atoms with Crippen LogP contribution < -0.4 is 9.62 Å². The van der Waals surface area contributed by atoms with Gasteiger partial charge in [0.2, 0.25) is 15.9 Å². The van der Waals surface area contributed by atoms with Gasteiger partial charge in [0.05, 0.1) is 11.9 Å². The molecule has 0 unspecified atom stereocenters. The minimum atomic E-state index is -3.68. The van der Waals surface area contributed by atoms with Crippen molar-refractivity contribution in [2.45, 2.75) is 12.2 Å². The van der Waals surface area contributed by atoms with Crippen LogP contribution in [-0.2, 0) is 20.6 Å². The number of rotatable bonds is 10. The van der Waals surface area contributed by atoms with E-state index in [9.17, 15) is 13.2 Å². The lowest BCUT2D eigenvalue weighted by molar-refractivity contribution is -0.119. The molecule has 10 heteroatoms. The van der Waals surface area contributed by atoms with E-state index in [1.807, 2.05) is 24.3 Å². The maximum absolute atomic E-state index is 12.2. The van der Waals surface area contributed by atoms with Gasteiger partial charge in [-0.1, -0.05) is 46.9 Å². The first-order valence-corrected chi connectivity index (χ1v) is 12.8. The zero-order valence-corrected chi connectivity index (χ0v) is 19.6. The second kappa shape index (κ2) is 11.3. The van der Waals surface area contributed by atoms with Gasteiger partial charge in [-0.3, -0.25) is 9.10 Å². The molecule has 0 bridgehead atoms. The van der Waals surface area contributed by atoms with Gasteiger partial charge in [-0.25, -0.2) is 8.42 Å². The monoisotopic (exact) mass is 494 g/mol. The molecule has 0 aliphatic carbocycles. The summed E-state index contributed by atoms with van der Waals surface area (Å²) in [5, 5.41) is 4.04. The molecule has 158 valence electrons. The summed E-state index contributed by atoms with van der Waals surface area (Å²) >= 11 is 19.5. The van der Waals surface area contributed by atoms with Gasteiger partial charge < -0.3 is 5.32 Å². The van der Waals surface area contributed by atoms with Gasteiger partial charge in [0.1, 0.15) is 6.54 Å². The SMILES string of the molecule is CS(=O)(=O)N(CC(=O)NCCCSCc1ccc(Cl)cc1)c1cc(Cl)cc(Cl)c1. The molecule has 2 aromatic rings. The van der Waals surface area contributed by atoms with Crippen LogP contribution in [0.25, 0.3) is 0 Å². The summed E-state index contributed by atoms with van der Waals surface area (Å²) in [7, 11) is -3.68. The van der Waals surface area contributed by atoms with E-state index >= 15 is 0 Å². The van der Waals surface area contributed by atoms with Crippen LogP contribution in [0, 0.1) is 0 Å². The Labute approximate surface area is 190 Å². The summed E-state index contributed by atoms with van der Waals surface area (Å²) in [6, 6.07) is 12.1. The molecule has 0 aromatic heterocycles. The number of thioether (sulfide) groups is 1. The van der Waals surface area contributed by atoms with E-state index in [0.29, 0.717) is 21.6 Å². The number of anilines is 1. The van der Waals surface area contributed by atoms with Crippen LogP contribution in [0.2, 0.25) is 15.1 Å². The van der Waals surface area contributed by atoms with E-state index in [-0.39, 0.29) is 12.2 Å². The summed E-state index contributed by atoms with van der Waals surface area (Å²) in [6.07, 6.45) is 1.80. The average molecular weight is 496 g/mol. The van der Waals surface area contributed by atoms with Crippen LogP contribution in [0.1, 0.15) is 12.0 Å². The number of amides is 1. The van der Waals surface area contributed by atoms with Crippen LogP contribution >= 0.6 is 46.6 Å². The van der Waals surface area contributed by atoms with E-state index in [1.165, 1.54) is 23.8 Å². The molecule has 2 aromatic carbocycles. The van der Waals surface area contributed by atoms with E-state index < -0.39 is 15.9 Å². The number of carbonyl (C=O) groups is 1. The minimum Gasteiger partial charge on any atom is -0.354 e. The highest BCUT2D eigenvalue weighted by atomic mass is 35.5. The van der Waals surface area contributed by atoms with Crippen LogP contribution in [0.3, 0.4) is 0 Å². The van der Waals surface area contributed by atoms with E-state index in [4.69, 9.17) is 34.8 Å². The molecule has 0 atom stereocenters. The van der Waals surface area contributed by atoms with Crippen molar-refractivity contribution in [2.24, 2.45) is 0 Å². The zero-order chi connectivity index (χ0) is 21.4. The third kappa shape index (κ3) is 8.64. The summed E-state index contributed by atoms with van der Waals surface area (Å²) < 4.78 is 25.2. The fourth-order valence-electron chi connectivity index (χ4n) is 2.44. The largest absolute Gasteiger partial charge is 0.354 e. The fourth-order valence-corrected chi connectivity index (χ4v) is 4.84. The van der Waals surface area contributed by atoms with Gasteiger partial charge in [0, 0.05) is 27.4 Å². The third-order valence-electron chi connectivity index (χ3n) is 3.79. The molecule has 2 rings (SSSR count). The lowest BCUT2D eigenvalue weighted by Gasteiger charge is -2.22. The van der Waals surface area contributed by atoms with Crippen molar-refractivity contribution < 1.29 is 13.2 Å². The Balaban J connectivity index is 1.79. The molecule has 0 aliphatic heterocycles. The van der Waals surface area contributed by atoms with Crippen LogP contribution in [-0.4, -0.2) is 39.4 Å². The van der Waals surface area contributed by atoms with Gasteiger partial charge >= 0.3 is 0 Å². The Bertz CT molecular complexity index is 918. The Morgan fingerprint density at radius 3 is 2.24 bits per heavy atom. The Hall–Kier alpha value is -1.12. The number of carbonyl (C=O) groups excluding carboxylic acids is 1. The predicted octanol–water partition coefficient (Wildman–Crippen LogP) is 4.85. The molecule has 0 heterocycles. The average Bonchev–Trinajstić information content (AvgIpc) is 2.62. The Morgan fingerprint density at radius 2 is 1.66 bits per heavy atom. The van der Waals surface area contributed by atoms with Crippen molar-refractivity contribution in [1.29, 1.82) is 0 Å². The second-order valence-corrected chi connectivity index (χ2v) is 10.6. The lowest BCUT2D eigenvalue weighted by atomic mass is 10.2. The van der Waals surface area contributed by atoms with Crippen molar-refractivity contribution in [3.8, 4) is 0 Å². The smallest absolute Gasteiger partial charge is 0.240 e. The molecule has 0 aliphatic rings. The first-order chi connectivity index (χ1) is 13.6. The molecule has 1 amide bonds. The fraction of sp³-hybridized carbons (Fsp3) is 0.316. The van der Waals surface area contributed by atoms with Gasteiger partial charge in [0.25, 0.3) is 0 Å². The minimum absolute atomic E-state index is 0.249. The molecule has 5 nitrogen and oxygen atoms in total. The number of hydrogen-bond donors (Lipinski definition) is 1. The highest BCUT2D eigenvalue weighted by Crippen LogP contribution is 2.26. The molecule has 0 saturated carbocycles. The third-order valence-corrected chi connectivity index (χ3v) is 6.74.